The Morgan fingerprint density at radius 2 is 0.949 bits per heavy atom. The van der Waals surface area contributed by atoms with Crippen LogP contribution in [0, 0.1) is 0 Å². The highest BCUT2D eigenvalue weighted by atomic mass is 31.2. The van der Waals surface area contributed by atoms with Crippen LogP contribution in [0.15, 0.2) is 60.8 Å². The summed E-state index contributed by atoms with van der Waals surface area (Å²) in [5.74, 6) is -2.45. The van der Waals surface area contributed by atoms with Gasteiger partial charge >= 0.3 is 25.7 Å². The quantitative estimate of drug-likeness (QED) is 0.0231. The van der Waals surface area contributed by atoms with Crippen molar-refractivity contribution in [1.29, 1.82) is 0 Å². The Balaban J connectivity index is 4.40. The third-order valence-corrected chi connectivity index (χ3v) is 10.5. The maximum Gasteiger partial charge on any atom is 0.472 e. The molecule has 0 aliphatic heterocycles. The topological polar surface area (TPSA) is 172 Å². The summed E-state index contributed by atoms with van der Waals surface area (Å²) >= 11 is 0. The molecule has 0 aromatic rings. The maximum atomic E-state index is 12.6. The van der Waals surface area contributed by atoms with E-state index in [0.29, 0.717) is 19.3 Å². The lowest BCUT2D eigenvalue weighted by molar-refractivity contribution is -0.161. The van der Waals surface area contributed by atoms with Crippen molar-refractivity contribution in [3.8, 4) is 0 Å². The van der Waals surface area contributed by atoms with Crippen molar-refractivity contribution in [1.82, 2.24) is 0 Å². The highest BCUT2D eigenvalue weighted by Gasteiger charge is 2.28. The first kappa shape index (κ1) is 56.2. The van der Waals surface area contributed by atoms with Crippen molar-refractivity contribution in [3.05, 3.63) is 60.8 Å². The molecule has 340 valence electrons. The number of carboxylic acid groups (broad SMARTS) is 1. The van der Waals surface area contributed by atoms with E-state index in [4.69, 9.17) is 24.8 Å². The van der Waals surface area contributed by atoms with Crippen LogP contribution in [0.4, 0.5) is 0 Å². The van der Waals surface area contributed by atoms with Crippen LogP contribution in [0.25, 0.3) is 0 Å². The Bertz CT molecular complexity index is 1230. The number of ether oxygens (including phenoxy) is 2. The molecule has 0 bridgehead atoms. The average molecular weight is 852 g/mol. The van der Waals surface area contributed by atoms with Crippen LogP contribution < -0.4 is 5.73 Å². The lowest BCUT2D eigenvalue weighted by Crippen LogP contribution is -2.34. The minimum absolute atomic E-state index is 0.0822. The molecule has 0 saturated carbocycles. The molecule has 0 heterocycles. The summed E-state index contributed by atoms with van der Waals surface area (Å²) in [5.41, 5.74) is 5.33. The first-order chi connectivity index (χ1) is 28.6. The summed E-state index contributed by atoms with van der Waals surface area (Å²) in [7, 11) is -4.73. The standard InChI is InChI=1S/C47H82NO10P/c1-3-5-7-9-11-13-15-17-19-21-23-24-26-28-30-32-34-36-38-45(49)55-40-43(41-56-59(53,54)57-42-44(48)47(51)52)58-46(50)39-37-35-33-31-29-27-25-22-20-18-16-14-12-10-8-6-4-2/h6,8,12,14,18,20,25,27,31,33,43-44H,3-5,7,9-11,13,15-17,19,21-24,26,28-30,32,34-42,48H2,1-2H3,(H,51,52)(H,53,54)/b8-6-,14-12-,20-18-,27-25-,33-31-. The zero-order valence-corrected chi connectivity index (χ0v) is 37.7. The second-order valence-electron chi connectivity index (χ2n) is 15.2. The van der Waals surface area contributed by atoms with E-state index in [1.807, 2.05) is 12.2 Å². The number of aliphatic carboxylic acids is 1. The van der Waals surface area contributed by atoms with Crippen LogP contribution >= 0.6 is 7.82 Å². The van der Waals surface area contributed by atoms with Crippen LogP contribution in [-0.2, 0) is 37.5 Å². The summed E-state index contributed by atoms with van der Waals surface area (Å²) < 4.78 is 32.7. The summed E-state index contributed by atoms with van der Waals surface area (Å²) in [4.78, 5) is 46.0. The van der Waals surface area contributed by atoms with E-state index in [9.17, 15) is 23.8 Å². The van der Waals surface area contributed by atoms with E-state index in [1.54, 1.807) is 0 Å². The fourth-order valence-corrected chi connectivity index (χ4v) is 6.76. The number of rotatable bonds is 42. The molecule has 0 saturated heterocycles. The van der Waals surface area contributed by atoms with Gasteiger partial charge < -0.3 is 25.2 Å². The van der Waals surface area contributed by atoms with E-state index in [0.717, 1.165) is 51.4 Å². The Morgan fingerprint density at radius 3 is 1.41 bits per heavy atom. The molecule has 11 nitrogen and oxygen atoms in total. The number of carbonyl (C=O) groups is 3. The molecule has 4 N–H and O–H groups in total. The molecule has 0 spiro atoms. The van der Waals surface area contributed by atoms with Crippen LogP contribution in [-0.4, -0.2) is 59.9 Å². The number of nitrogens with two attached hydrogens (primary N) is 1. The van der Waals surface area contributed by atoms with Gasteiger partial charge in [0.15, 0.2) is 6.10 Å². The van der Waals surface area contributed by atoms with Gasteiger partial charge in [0, 0.05) is 12.8 Å². The minimum atomic E-state index is -4.73. The van der Waals surface area contributed by atoms with Crippen molar-refractivity contribution >= 4 is 25.7 Å². The molecule has 0 amide bonds. The summed E-state index contributed by atoms with van der Waals surface area (Å²) in [5, 5.41) is 8.90. The minimum Gasteiger partial charge on any atom is -0.480 e. The number of allylic oxidation sites excluding steroid dienone is 10. The molecule has 0 aliphatic carbocycles. The number of unbranched alkanes of at least 4 members (excludes halogenated alkanes) is 18. The zero-order valence-electron chi connectivity index (χ0n) is 36.8. The fraction of sp³-hybridized carbons (Fsp3) is 0.723. The smallest absolute Gasteiger partial charge is 0.472 e. The van der Waals surface area contributed by atoms with Crippen molar-refractivity contribution in [3.63, 3.8) is 0 Å². The van der Waals surface area contributed by atoms with Crippen LogP contribution in [0.1, 0.15) is 187 Å². The van der Waals surface area contributed by atoms with Crippen molar-refractivity contribution in [2.24, 2.45) is 5.73 Å². The first-order valence-electron chi connectivity index (χ1n) is 22.8. The molecule has 59 heavy (non-hydrogen) atoms. The Hall–Kier alpha value is -2.82. The van der Waals surface area contributed by atoms with E-state index >= 15 is 0 Å². The highest BCUT2D eigenvalue weighted by molar-refractivity contribution is 7.47. The van der Waals surface area contributed by atoms with Crippen molar-refractivity contribution < 1.29 is 47.5 Å². The van der Waals surface area contributed by atoms with Gasteiger partial charge in [0.05, 0.1) is 13.2 Å². The molecule has 3 atom stereocenters. The van der Waals surface area contributed by atoms with Crippen LogP contribution in [0.3, 0.4) is 0 Å². The SMILES string of the molecule is CC/C=C\C/C=C\C/C=C\C/C=C\C/C=C\CCCC(=O)OC(COC(=O)CCCCCCCCCCCCCCCCCCCC)COP(=O)(O)OCC(N)C(=O)O. The van der Waals surface area contributed by atoms with Gasteiger partial charge in [0.25, 0.3) is 0 Å². The maximum absolute atomic E-state index is 12.6. The zero-order chi connectivity index (χ0) is 43.5. The highest BCUT2D eigenvalue weighted by Crippen LogP contribution is 2.43. The summed E-state index contributed by atoms with van der Waals surface area (Å²) in [6.07, 6.45) is 48.7. The van der Waals surface area contributed by atoms with E-state index in [-0.39, 0.29) is 19.4 Å². The Morgan fingerprint density at radius 1 is 0.542 bits per heavy atom. The monoisotopic (exact) mass is 852 g/mol. The molecule has 0 aromatic heterocycles. The van der Waals surface area contributed by atoms with Gasteiger partial charge in [-0.25, -0.2) is 4.57 Å². The average Bonchev–Trinajstić information content (AvgIpc) is 3.21. The predicted octanol–water partition coefficient (Wildman–Crippen LogP) is 12.3. The molecular weight excluding hydrogens is 769 g/mol. The third-order valence-electron chi connectivity index (χ3n) is 9.53. The number of phosphoric ester groups is 1. The number of carbonyl (C=O) groups excluding carboxylic acids is 2. The number of hydrogen-bond acceptors (Lipinski definition) is 9. The van der Waals surface area contributed by atoms with Crippen molar-refractivity contribution in [2.45, 2.75) is 199 Å². The van der Waals surface area contributed by atoms with E-state index in [1.165, 1.54) is 89.9 Å². The van der Waals surface area contributed by atoms with Gasteiger partial charge in [-0.05, 0) is 51.4 Å². The molecule has 3 unspecified atom stereocenters. The second kappa shape index (κ2) is 41.9. The Labute approximate surface area is 357 Å². The molecule has 0 fully saturated rings. The van der Waals surface area contributed by atoms with Crippen LogP contribution in [0.2, 0.25) is 0 Å². The fourth-order valence-electron chi connectivity index (χ4n) is 5.98. The molecule has 0 rings (SSSR count). The molecule has 12 heteroatoms. The summed E-state index contributed by atoms with van der Waals surface area (Å²) in [6, 6.07) is -1.53. The van der Waals surface area contributed by atoms with Crippen LogP contribution in [0.5, 0.6) is 0 Å². The van der Waals surface area contributed by atoms with Gasteiger partial charge in [-0.1, -0.05) is 184 Å². The van der Waals surface area contributed by atoms with Gasteiger partial charge in [-0.3, -0.25) is 23.4 Å². The normalized spacial score (nSPS) is 14.2. The number of phosphoric acid groups is 1. The van der Waals surface area contributed by atoms with Gasteiger partial charge in [-0.2, -0.15) is 0 Å². The molecule has 0 aromatic carbocycles. The van der Waals surface area contributed by atoms with E-state index in [2.05, 4.69) is 67.0 Å². The van der Waals surface area contributed by atoms with E-state index < -0.39 is 51.1 Å². The first-order valence-corrected chi connectivity index (χ1v) is 24.3. The summed E-state index contributed by atoms with van der Waals surface area (Å²) in [6.45, 7) is 2.64. The number of hydrogen-bond donors (Lipinski definition) is 3. The van der Waals surface area contributed by atoms with Crippen molar-refractivity contribution in [2.75, 3.05) is 19.8 Å². The third kappa shape index (κ3) is 41.7. The number of esters is 2. The van der Waals surface area contributed by atoms with Gasteiger partial charge in [0.1, 0.15) is 12.6 Å². The second-order valence-corrected chi connectivity index (χ2v) is 16.6. The Kier molecular flexibility index (Phi) is 39.9. The van der Waals surface area contributed by atoms with Gasteiger partial charge in [0.2, 0.25) is 0 Å². The molecule has 0 aliphatic rings. The lowest BCUT2D eigenvalue weighted by atomic mass is 10.0. The van der Waals surface area contributed by atoms with Gasteiger partial charge in [-0.15, -0.1) is 0 Å². The largest absolute Gasteiger partial charge is 0.480 e. The predicted molar refractivity (Wildman–Crippen MR) is 240 cm³/mol. The molecular formula is C47H82NO10P. The number of carboxylic acids is 1. The lowest BCUT2D eigenvalue weighted by Gasteiger charge is -2.20. The molecule has 0 radical (unpaired) electrons.